The molecule has 2 heterocycles. The van der Waals surface area contributed by atoms with Crippen LogP contribution in [0.15, 0.2) is 18.3 Å². The molecule has 0 saturated carbocycles. The molecule has 3 nitrogen and oxygen atoms in total. The number of nitrogens with zero attached hydrogens (tertiary/aromatic N) is 3. The lowest BCUT2D eigenvalue weighted by molar-refractivity contribution is 0.264. The van der Waals surface area contributed by atoms with Gasteiger partial charge in [-0.15, -0.1) is 0 Å². The zero-order chi connectivity index (χ0) is 11.5. The first-order valence-electron chi connectivity index (χ1n) is 5.64. The minimum Gasteiger partial charge on any atom is -0.305 e. The van der Waals surface area contributed by atoms with Gasteiger partial charge in [0.1, 0.15) is 5.15 Å². The minimum atomic E-state index is 0.566. The summed E-state index contributed by atoms with van der Waals surface area (Å²) in [5.74, 6) is 0. The molecule has 0 aromatic carbocycles. The van der Waals surface area contributed by atoms with Crippen molar-refractivity contribution in [1.29, 1.82) is 0 Å². The maximum Gasteiger partial charge on any atom is 0.129 e. The normalized spacial score (nSPS) is 21.9. The summed E-state index contributed by atoms with van der Waals surface area (Å²) < 4.78 is 0. The van der Waals surface area contributed by atoms with Crippen molar-refractivity contribution in [2.24, 2.45) is 0 Å². The van der Waals surface area contributed by atoms with Crippen LogP contribution in [0.1, 0.15) is 12.0 Å². The summed E-state index contributed by atoms with van der Waals surface area (Å²) in [4.78, 5) is 8.88. The van der Waals surface area contributed by atoms with Gasteiger partial charge in [-0.2, -0.15) is 0 Å². The Hall–Kier alpha value is -0.640. The van der Waals surface area contributed by atoms with Crippen molar-refractivity contribution in [3.8, 4) is 0 Å². The van der Waals surface area contributed by atoms with Crippen LogP contribution in [0.4, 0.5) is 0 Å². The Morgan fingerprint density at radius 3 is 2.88 bits per heavy atom. The molecule has 1 aliphatic rings. The van der Waals surface area contributed by atoms with E-state index in [4.69, 9.17) is 11.6 Å². The van der Waals surface area contributed by atoms with Gasteiger partial charge in [0.25, 0.3) is 0 Å². The molecule has 1 atom stereocenters. The number of pyridine rings is 1. The number of halogens is 1. The zero-order valence-electron chi connectivity index (χ0n) is 9.86. The predicted octanol–water partition coefficient (Wildman–Crippen LogP) is 1.87. The third kappa shape index (κ3) is 2.94. The molecular weight excluding hydrogens is 222 g/mol. The largest absolute Gasteiger partial charge is 0.305 e. The molecule has 0 amide bonds. The van der Waals surface area contributed by atoms with Crippen LogP contribution >= 0.6 is 11.6 Å². The molecule has 0 bridgehead atoms. The van der Waals surface area contributed by atoms with E-state index in [1.165, 1.54) is 18.5 Å². The van der Waals surface area contributed by atoms with Crippen LogP contribution in [0.5, 0.6) is 0 Å². The number of hydrogen-bond acceptors (Lipinski definition) is 3. The maximum absolute atomic E-state index is 5.76. The number of likely N-dealkylation sites (tertiary alicyclic amines) is 1. The molecule has 1 aliphatic heterocycles. The van der Waals surface area contributed by atoms with Gasteiger partial charge in [-0.1, -0.05) is 17.7 Å². The first-order valence-corrected chi connectivity index (χ1v) is 6.02. The highest BCUT2D eigenvalue weighted by atomic mass is 35.5. The van der Waals surface area contributed by atoms with Crippen LogP contribution in [0.3, 0.4) is 0 Å². The second-order valence-corrected chi connectivity index (χ2v) is 5.02. The zero-order valence-corrected chi connectivity index (χ0v) is 10.6. The third-order valence-electron chi connectivity index (χ3n) is 3.17. The van der Waals surface area contributed by atoms with E-state index < -0.39 is 0 Å². The van der Waals surface area contributed by atoms with Crippen molar-refractivity contribution in [1.82, 2.24) is 14.8 Å². The fourth-order valence-corrected chi connectivity index (χ4v) is 2.25. The van der Waals surface area contributed by atoms with E-state index in [0.717, 1.165) is 13.1 Å². The number of likely N-dealkylation sites (N-methyl/N-ethyl adjacent to an activating group) is 1. The van der Waals surface area contributed by atoms with Gasteiger partial charge < -0.3 is 4.90 Å². The fourth-order valence-electron chi connectivity index (χ4n) is 2.14. The van der Waals surface area contributed by atoms with E-state index >= 15 is 0 Å². The van der Waals surface area contributed by atoms with Crippen molar-refractivity contribution in [3.05, 3.63) is 29.0 Å². The summed E-state index contributed by atoms with van der Waals surface area (Å²) in [6.45, 7) is 3.30. The molecule has 4 heteroatoms. The predicted molar refractivity (Wildman–Crippen MR) is 66.6 cm³/mol. The summed E-state index contributed by atoms with van der Waals surface area (Å²) in [6.07, 6.45) is 3.12. The van der Waals surface area contributed by atoms with E-state index in [0.29, 0.717) is 11.2 Å². The van der Waals surface area contributed by atoms with Crippen molar-refractivity contribution >= 4 is 11.6 Å². The molecule has 1 saturated heterocycles. The van der Waals surface area contributed by atoms with E-state index in [-0.39, 0.29) is 0 Å². The SMILES string of the molecule is CN(C)C1CCN(Cc2ccc(Cl)nc2)C1. The summed E-state index contributed by atoms with van der Waals surface area (Å²) in [6, 6.07) is 4.61. The third-order valence-corrected chi connectivity index (χ3v) is 3.40. The van der Waals surface area contributed by atoms with E-state index in [9.17, 15) is 0 Å². The highest BCUT2D eigenvalue weighted by molar-refractivity contribution is 6.29. The van der Waals surface area contributed by atoms with Crippen LogP contribution in [0.2, 0.25) is 5.15 Å². The first-order chi connectivity index (χ1) is 7.65. The van der Waals surface area contributed by atoms with Gasteiger partial charge in [0, 0.05) is 31.9 Å². The molecule has 16 heavy (non-hydrogen) atoms. The Morgan fingerprint density at radius 1 is 1.50 bits per heavy atom. The molecule has 1 aromatic rings. The van der Waals surface area contributed by atoms with Crippen molar-refractivity contribution in [2.75, 3.05) is 27.2 Å². The van der Waals surface area contributed by atoms with Gasteiger partial charge in [-0.3, -0.25) is 4.90 Å². The average Bonchev–Trinajstić information content (AvgIpc) is 2.70. The van der Waals surface area contributed by atoms with Crippen LogP contribution in [-0.4, -0.2) is 48.0 Å². The Bertz CT molecular complexity index is 337. The van der Waals surface area contributed by atoms with Gasteiger partial charge in [0.2, 0.25) is 0 Å². The summed E-state index contributed by atoms with van der Waals surface area (Å²) in [5, 5.41) is 0.566. The first kappa shape index (κ1) is 11.8. The van der Waals surface area contributed by atoms with Crippen molar-refractivity contribution < 1.29 is 0 Å². The monoisotopic (exact) mass is 239 g/mol. The quantitative estimate of drug-likeness (QED) is 0.751. The van der Waals surface area contributed by atoms with Crippen LogP contribution in [0.25, 0.3) is 0 Å². The maximum atomic E-state index is 5.76. The summed E-state index contributed by atoms with van der Waals surface area (Å²) in [7, 11) is 4.30. The number of hydrogen-bond donors (Lipinski definition) is 0. The van der Waals surface area contributed by atoms with Crippen LogP contribution < -0.4 is 0 Å². The standard InChI is InChI=1S/C12H18ClN3/c1-15(2)11-5-6-16(9-11)8-10-3-4-12(13)14-7-10/h3-4,7,11H,5-6,8-9H2,1-2H3. The minimum absolute atomic E-state index is 0.566. The Kier molecular flexibility index (Phi) is 3.79. The van der Waals surface area contributed by atoms with Crippen molar-refractivity contribution in [2.45, 2.75) is 19.0 Å². The van der Waals surface area contributed by atoms with Gasteiger partial charge in [-0.25, -0.2) is 4.98 Å². The highest BCUT2D eigenvalue weighted by Crippen LogP contribution is 2.16. The average molecular weight is 240 g/mol. The lowest BCUT2D eigenvalue weighted by atomic mass is 10.2. The molecule has 0 radical (unpaired) electrons. The Labute approximate surface area is 102 Å². The lowest BCUT2D eigenvalue weighted by Gasteiger charge is -2.20. The smallest absolute Gasteiger partial charge is 0.129 e. The second kappa shape index (κ2) is 5.13. The molecule has 1 aromatic heterocycles. The second-order valence-electron chi connectivity index (χ2n) is 4.63. The summed E-state index contributed by atoms with van der Waals surface area (Å²) >= 11 is 5.76. The molecule has 0 spiro atoms. The fraction of sp³-hybridized carbons (Fsp3) is 0.583. The van der Waals surface area contributed by atoms with Gasteiger partial charge >= 0.3 is 0 Å². The summed E-state index contributed by atoms with van der Waals surface area (Å²) in [5.41, 5.74) is 1.24. The van der Waals surface area contributed by atoms with E-state index in [2.05, 4.69) is 34.9 Å². The number of rotatable bonds is 3. The van der Waals surface area contributed by atoms with E-state index in [1.807, 2.05) is 12.3 Å². The highest BCUT2D eigenvalue weighted by Gasteiger charge is 2.23. The van der Waals surface area contributed by atoms with Crippen molar-refractivity contribution in [3.63, 3.8) is 0 Å². The Balaban J connectivity index is 1.89. The molecule has 0 N–H and O–H groups in total. The molecule has 1 fully saturated rings. The molecular formula is C12H18ClN3. The topological polar surface area (TPSA) is 19.4 Å². The molecule has 1 unspecified atom stereocenters. The van der Waals surface area contributed by atoms with Gasteiger partial charge in [0.05, 0.1) is 0 Å². The molecule has 2 rings (SSSR count). The lowest BCUT2D eigenvalue weighted by Crippen LogP contribution is -2.31. The van der Waals surface area contributed by atoms with Gasteiger partial charge in [0.15, 0.2) is 0 Å². The van der Waals surface area contributed by atoms with Crippen LogP contribution in [-0.2, 0) is 6.54 Å². The molecule has 88 valence electrons. The Morgan fingerprint density at radius 2 is 2.31 bits per heavy atom. The van der Waals surface area contributed by atoms with E-state index in [1.54, 1.807) is 0 Å². The number of aromatic nitrogens is 1. The van der Waals surface area contributed by atoms with Gasteiger partial charge in [-0.05, 0) is 32.1 Å². The molecule has 0 aliphatic carbocycles. The van der Waals surface area contributed by atoms with Crippen LogP contribution in [0, 0.1) is 0 Å².